The first-order valence-electron chi connectivity index (χ1n) is 4.97. The zero-order chi connectivity index (χ0) is 8.53. The van der Waals surface area contributed by atoms with Gasteiger partial charge in [0, 0.05) is 0 Å². The second-order valence-electron chi connectivity index (χ2n) is 3.28. The normalized spacial score (nSPS) is 18.5. The summed E-state index contributed by atoms with van der Waals surface area (Å²) in [6.07, 6.45) is 11.5. The van der Waals surface area contributed by atoms with E-state index in [2.05, 4.69) is 32.9 Å². The molecule has 0 spiro atoms. The van der Waals surface area contributed by atoms with Gasteiger partial charge in [0.2, 0.25) is 0 Å². The average molecular weight is 154 g/mol. The third kappa shape index (κ3) is 6.15. The lowest BCUT2D eigenvalue weighted by atomic mass is 10.1. The van der Waals surface area contributed by atoms with E-state index in [0.29, 0.717) is 0 Å². The first-order valence-corrected chi connectivity index (χ1v) is 4.97. The quantitative estimate of drug-likeness (QED) is 0.497. The van der Waals surface area contributed by atoms with E-state index in [-0.39, 0.29) is 0 Å². The van der Waals surface area contributed by atoms with E-state index in [1.165, 1.54) is 32.1 Å². The molecule has 0 aliphatic heterocycles. The predicted octanol–water partition coefficient (Wildman–Crippen LogP) is 4.17. The molecule has 0 radical (unpaired) electrons. The molecule has 0 N–H and O–H groups in total. The fraction of sp³-hybridized carbons (Fsp3) is 0.818. The molecule has 0 aromatic heterocycles. The lowest BCUT2D eigenvalue weighted by Crippen LogP contribution is -1.83. The van der Waals surface area contributed by atoms with Crippen molar-refractivity contribution in [2.45, 2.75) is 52.9 Å². The summed E-state index contributed by atoms with van der Waals surface area (Å²) in [5.74, 6) is 0.931. The minimum absolute atomic E-state index is 0.931. The van der Waals surface area contributed by atoms with E-state index < -0.39 is 0 Å². The van der Waals surface area contributed by atoms with Gasteiger partial charge in [-0.2, -0.15) is 0 Å². The van der Waals surface area contributed by atoms with E-state index in [1.807, 2.05) is 0 Å². The van der Waals surface area contributed by atoms with Crippen LogP contribution in [0.1, 0.15) is 52.9 Å². The van der Waals surface area contributed by atoms with Crippen LogP contribution < -0.4 is 0 Å². The SMILES string of the molecule is C/C=C/C1CCCC1.CCC. The van der Waals surface area contributed by atoms with Crippen molar-refractivity contribution in [2.24, 2.45) is 5.92 Å². The zero-order valence-electron chi connectivity index (χ0n) is 8.27. The molecule has 0 aromatic rings. The molecule has 0 saturated heterocycles. The molecule has 1 saturated carbocycles. The second kappa shape index (κ2) is 7.84. The molecule has 0 heteroatoms. The molecule has 1 rings (SSSR count). The molecule has 1 fully saturated rings. The topological polar surface area (TPSA) is 0 Å². The highest BCUT2D eigenvalue weighted by Gasteiger charge is 2.09. The van der Waals surface area contributed by atoms with E-state index in [1.54, 1.807) is 0 Å². The molecule has 1 aliphatic carbocycles. The van der Waals surface area contributed by atoms with Gasteiger partial charge in [0.25, 0.3) is 0 Å². The highest BCUT2D eigenvalue weighted by molar-refractivity contribution is 4.87. The second-order valence-corrected chi connectivity index (χ2v) is 3.28. The molecular weight excluding hydrogens is 132 g/mol. The fourth-order valence-electron chi connectivity index (χ4n) is 1.42. The average Bonchev–Trinajstić information content (AvgIpc) is 2.42. The maximum Gasteiger partial charge on any atom is -0.0234 e. The highest BCUT2D eigenvalue weighted by Crippen LogP contribution is 2.25. The first-order chi connectivity index (χ1) is 5.35. The van der Waals surface area contributed by atoms with Crippen molar-refractivity contribution >= 4 is 0 Å². The van der Waals surface area contributed by atoms with Crippen LogP contribution in [0.15, 0.2) is 12.2 Å². The van der Waals surface area contributed by atoms with Crippen LogP contribution in [0.2, 0.25) is 0 Å². The Labute approximate surface area is 71.7 Å². The Kier molecular flexibility index (Phi) is 7.66. The Morgan fingerprint density at radius 1 is 1.18 bits per heavy atom. The summed E-state index contributed by atoms with van der Waals surface area (Å²) in [7, 11) is 0. The van der Waals surface area contributed by atoms with Gasteiger partial charge in [-0.25, -0.2) is 0 Å². The minimum atomic E-state index is 0.931. The van der Waals surface area contributed by atoms with E-state index in [0.717, 1.165) is 5.92 Å². The van der Waals surface area contributed by atoms with Crippen LogP contribution in [0.25, 0.3) is 0 Å². The van der Waals surface area contributed by atoms with Gasteiger partial charge in [0.15, 0.2) is 0 Å². The summed E-state index contributed by atoms with van der Waals surface area (Å²) in [5, 5.41) is 0. The van der Waals surface area contributed by atoms with Gasteiger partial charge >= 0.3 is 0 Å². The Bertz CT molecular complexity index is 86.2. The molecule has 1 aliphatic rings. The molecule has 0 unspecified atom stereocenters. The van der Waals surface area contributed by atoms with Crippen LogP contribution in [0.4, 0.5) is 0 Å². The van der Waals surface area contributed by atoms with Crippen molar-refractivity contribution in [3.8, 4) is 0 Å². The number of hydrogen-bond donors (Lipinski definition) is 0. The summed E-state index contributed by atoms with van der Waals surface area (Å²) in [5.41, 5.74) is 0. The molecule has 0 nitrogen and oxygen atoms in total. The summed E-state index contributed by atoms with van der Waals surface area (Å²) in [4.78, 5) is 0. The van der Waals surface area contributed by atoms with E-state index >= 15 is 0 Å². The van der Waals surface area contributed by atoms with Crippen molar-refractivity contribution in [3.05, 3.63) is 12.2 Å². The van der Waals surface area contributed by atoms with Gasteiger partial charge in [-0.05, 0) is 25.7 Å². The van der Waals surface area contributed by atoms with Crippen molar-refractivity contribution in [3.63, 3.8) is 0 Å². The van der Waals surface area contributed by atoms with Crippen LogP contribution in [0, 0.1) is 5.92 Å². The first kappa shape index (κ1) is 10.7. The third-order valence-corrected chi connectivity index (χ3v) is 1.86. The smallest absolute Gasteiger partial charge is 0.0234 e. The number of hydrogen-bond acceptors (Lipinski definition) is 0. The number of allylic oxidation sites excluding steroid dienone is 2. The van der Waals surface area contributed by atoms with Crippen LogP contribution in [0.5, 0.6) is 0 Å². The van der Waals surface area contributed by atoms with Gasteiger partial charge in [-0.15, -0.1) is 0 Å². The lowest BCUT2D eigenvalue weighted by molar-refractivity contribution is 0.685. The molecule has 0 atom stereocenters. The van der Waals surface area contributed by atoms with Crippen LogP contribution in [-0.4, -0.2) is 0 Å². The minimum Gasteiger partial charge on any atom is -0.0914 e. The van der Waals surface area contributed by atoms with Gasteiger partial charge in [0.05, 0.1) is 0 Å². The Hall–Kier alpha value is -0.260. The predicted molar refractivity (Wildman–Crippen MR) is 52.7 cm³/mol. The Balaban J connectivity index is 0.000000292. The third-order valence-electron chi connectivity index (χ3n) is 1.86. The van der Waals surface area contributed by atoms with Crippen LogP contribution in [-0.2, 0) is 0 Å². The standard InChI is InChI=1S/C8H14.C3H8/c1-2-5-8-6-3-4-7-8;1-3-2/h2,5,8H,3-4,6-7H2,1H3;3H2,1-2H3/b5-2+;. The fourth-order valence-corrected chi connectivity index (χ4v) is 1.42. The highest BCUT2D eigenvalue weighted by atomic mass is 14.2. The molecular formula is C11H22. The summed E-state index contributed by atoms with van der Waals surface area (Å²) >= 11 is 0. The zero-order valence-corrected chi connectivity index (χ0v) is 8.27. The summed E-state index contributed by atoms with van der Waals surface area (Å²) in [6.45, 7) is 6.36. The molecule has 0 heterocycles. The van der Waals surface area contributed by atoms with E-state index in [4.69, 9.17) is 0 Å². The summed E-state index contributed by atoms with van der Waals surface area (Å²) < 4.78 is 0. The van der Waals surface area contributed by atoms with Crippen molar-refractivity contribution in [1.82, 2.24) is 0 Å². The molecule has 0 bridgehead atoms. The van der Waals surface area contributed by atoms with Crippen molar-refractivity contribution < 1.29 is 0 Å². The van der Waals surface area contributed by atoms with Gasteiger partial charge in [0.1, 0.15) is 0 Å². The molecule has 0 aromatic carbocycles. The Morgan fingerprint density at radius 3 is 2.00 bits per heavy atom. The largest absolute Gasteiger partial charge is 0.0914 e. The Morgan fingerprint density at radius 2 is 1.64 bits per heavy atom. The van der Waals surface area contributed by atoms with Gasteiger partial charge in [-0.3, -0.25) is 0 Å². The van der Waals surface area contributed by atoms with Crippen LogP contribution in [0.3, 0.4) is 0 Å². The maximum atomic E-state index is 2.34. The maximum absolute atomic E-state index is 2.34. The van der Waals surface area contributed by atoms with Crippen molar-refractivity contribution in [2.75, 3.05) is 0 Å². The van der Waals surface area contributed by atoms with Gasteiger partial charge < -0.3 is 0 Å². The summed E-state index contributed by atoms with van der Waals surface area (Å²) in [6, 6.07) is 0. The van der Waals surface area contributed by atoms with Gasteiger partial charge in [-0.1, -0.05) is 45.3 Å². The number of rotatable bonds is 1. The lowest BCUT2D eigenvalue weighted by Gasteiger charge is -1.96. The molecule has 66 valence electrons. The van der Waals surface area contributed by atoms with Crippen molar-refractivity contribution in [1.29, 1.82) is 0 Å². The molecule has 0 amide bonds. The van der Waals surface area contributed by atoms with E-state index in [9.17, 15) is 0 Å². The monoisotopic (exact) mass is 154 g/mol. The molecule has 11 heavy (non-hydrogen) atoms. The van der Waals surface area contributed by atoms with Crippen LogP contribution >= 0.6 is 0 Å².